The van der Waals surface area contributed by atoms with Gasteiger partial charge in [-0.05, 0) is 30.0 Å². The second kappa shape index (κ2) is 4.72. The first-order valence-corrected chi connectivity index (χ1v) is 6.23. The van der Waals surface area contributed by atoms with Crippen LogP contribution >= 0.6 is 35.0 Å². The molecule has 0 atom stereocenters. The first-order valence-electron chi connectivity index (χ1n) is 4.66. The van der Waals surface area contributed by atoms with Crippen molar-refractivity contribution in [1.82, 2.24) is 4.90 Å². The van der Waals surface area contributed by atoms with E-state index in [4.69, 9.17) is 23.2 Å². The Morgan fingerprint density at radius 2 is 1.82 bits per heavy atom. The number of hydrogen-bond acceptors (Lipinski definition) is 3. The Labute approximate surface area is 112 Å². The molecule has 3 nitrogen and oxygen atoms in total. The van der Waals surface area contributed by atoms with Crippen molar-refractivity contribution in [1.29, 1.82) is 0 Å². The van der Waals surface area contributed by atoms with Gasteiger partial charge in [-0.15, -0.1) is 0 Å². The highest BCUT2D eigenvalue weighted by Gasteiger charge is 2.32. The van der Waals surface area contributed by atoms with Gasteiger partial charge in [0, 0.05) is 22.7 Å². The van der Waals surface area contributed by atoms with Gasteiger partial charge in [-0.2, -0.15) is 0 Å². The third kappa shape index (κ3) is 2.34. The molecule has 88 valence electrons. The SMILES string of the molecule is CN1C(=O)S/C(=C\c2c(Cl)cccc2Cl)C1=O. The molecular weight excluding hydrogens is 281 g/mol. The van der Waals surface area contributed by atoms with Crippen LogP contribution in [0.1, 0.15) is 5.56 Å². The number of nitrogens with zero attached hydrogens (tertiary/aromatic N) is 1. The van der Waals surface area contributed by atoms with E-state index in [1.54, 1.807) is 24.3 Å². The van der Waals surface area contributed by atoms with E-state index < -0.39 is 0 Å². The van der Waals surface area contributed by atoms with E-state index in [1.165, 1.54) is 7.05 Å². The molecule has 1 saturated heterocycles. The summed E-state index contributed by atoms with van der Waals surface area (Å²) in [6, 6.07) is 5.07. The molecule has 1 aliphatic heterocycles. The van der Waals surface area contributed by atoms with E-state index in [9.17, 15) is 9.59 Å². The molecule has 0 N–H and O–H groups in total. The molecule has 2 amide bonds. The zero-order chi connectivity index (χ0) is 12.6. The van der Waals surface area contributed by atoms with Gasteiger partial charge in [0.1, 0.15) is 0 Å². The van der Waals surface area contributed by atoms with Crippen LogP contribution in [0.3, 0.4) is 0 Å². The monoisotopic (exact) mass is 287 g/mol. The Balaban J connectivity index is 2.44. The molecule has 0 bridgehead atoms. The summed E-state index contributed by atoms with van der Waals surface area (Å²) in [6.07, 6.45) is 1.54. The average molecular weight is 288 g/mol. The summed E-state index contributed by atoms with van der Waals surface area (Å²) in [7, 11) is 1.44. The largest absolute Gasteiger partial charge is 0.293 e. The van der Waals surface area contributed by atoms with Gasteiger partial charge < -0.3 is 0 Å². The van der Waals surface area contributed by atoms with Gasteiger partial charge >= 0.3 is 0 Å². The van der Waals surface area contributed by atoms with Crippen LogP contribution in [0.25, 0.3) is 6.08 Å². The van der Waals surface area contributed by atoms with Crippen LogP contribution in [-0.4, -0.2) is 23.1 Å². The molecule has 0 aromatic heterocycles. The summed E-state index contributed by atoms with van der Waals surface area (Å²) in [5.41, 5.74) is 0.551. The highest BCUT2D eigenvalue weighted by Crippen LogP contribution is 2.34. The zero-order valence-electron chi connectivity index (χ0n) is 8.74. The van der Waals surface area contributed by atoms with Gasteiger partial charge in [-0.1, -0.05) is 29.3 Å². The van der Waals surface area contributed by atoms with Crippen LogP contribution in [0.5, 0.6) is 0 Å². The minimum atomic E-state index is -0.337. The lowest BCUT2D eigenvalue weighted by atomic mass is 10.2. The van der Waals surface area contributed by atoms with Crippen LogP contribution in [0.15, 0.2) is 23.1 Å². The second-order valence-corrected chi connectivity index (χ2v) is 5.18. The molecule has 1 fully saturated rings. The molecule has 17 heavy (non-hydrogen) atoms. The molecule has 0 saturated carbocycles. The highest BCUT2D eigenvalue weighted by atomic mass is 35.5. The molecular formula is C11H7Cl2NO2S. The molecule has 0 spiro atoms. The van der Waals surface area contributed by atoms with Gasteiger partial charge in [0.2, 0.25) is 0 Å². The van der Waals surface area contributed by atoms with E-state index in [0.29, 0.717) is 20.5 Å². The standard InChI is InChI=1S/C11H7Cl2NO2S/c1-14-10(15)9(17-11(14)16)5-6-7(12)3-2-4-8(6)13/h2-5H,1H3/b9-5-. The summed E-state index contributed by atoms with van der Waals surface area (Å²) in [4.78, 5) is 24.4. The Bertz CT molecular complexity index is 522. The number of likely N-dealkylation sites (N-methyl/N-ethyl adjacent to an activating group) is 1. The van der Waals surface area contributed by atoms with Gasteiger partial charge in [0.15, 0.2) is 0 Å². The van der Waals surface area contributed by atoms with Crippen LogP contribution in [-0.2, 0) is 4.79 Å². The normalized spacial score (nSPS) is 18.3. The maximum Gasteiger partial charge on any atom is 0.293 e. The third-order valence-corrected chi connectivity index (χ3v) is 3.88. The van der Waals surface area contributed by atoms with Crippen molar-refractivity contribution < 1.29 is 9.59 Å². The van der Waals surface area contributed by atoms with E-state index in [1.807, 2.05) is 0 Å². The number of benzene rings is 1. The molecule has 2 rings (SSSR count). The fourth-order valence-corrected chi connectivity index (χ4v) is 2.64. The lowest BCUT2D eigenvalue weighted by Crippen LogP contribution is -2.22. The van der Waals surface area contributed by atoms with Crippen LogP contribution in [0.4, 0.5) is 4.79 Å². The fourth-order valence-electron chi connectivity index (χ4n) is 1.33. The highest BCUT2D eigenvalue weighted by molar-refractivity contribution is 8.18. The minimum absolute atomic E-state index is 0.301. The number of halogens is 2. The topological polar surface area (TPSA) is 37.4 Å². The Morgan fingerprint density at radius 3 is 2.29 bits per heavy atom. The molecule has 0 aliphatic carbocycles. The lowest BCUT2D eigenvalue weighted by Gasteiger charge is -2.03. The van der Waals surface area contributed by atoms with Gasteiger partial charge in [0.05, 0.1) is 4.91 Å². The minimum Gasteiger partial charge on any atom is -0.272 e. The zero-order valence-corrected chi connectivity index (χ0v) is 11.1. The maximum atomic E-state index is 11.7. The lowest BCUT2D eigenvalue weighted by molar-refractivity contribution is -0.121. The van der Waals surface area contributed by atoms with Crippen molar-refractivity contribution in [2.24, 2.45) is 0 Å². The summed E-state index contributed by atoms with van der Waals surface area (Å²) in [5, 5.41) is 0.588. The summed E-state index contributed by atoms with van der Waals surface area (Å²) >= 11 is 12.8. The average Bonchev–Trinajstić information content (AvgIpc) is 2.52. The summed E-state index contributed by atoms with van der Waals surface area (Å²) in [6.45, 7) is 0. The predicted molar refractivity (Wildman–Crippen MR) is 70.2 cm³/mol. The smallest absolute Gasteiger partial charge is 0.272 e. The van der Waals surface area contributed by atoms with Crippen molar-refractivity contribution in [2.45, 2.75) is 0 Å². The van der Waals surface area contributed by atoms with Gasteiger partial charge in [-0.3, -0.25) is 14.5 Å². The number of rotatable bonds is 1. The van der Waals surface area contributed by atoms with Crippen LogP contribution < -0.4 is 0 Å². The molecule has 0 radical (unpaired) electrons. The molecule has 0 unspecified atom stereocenters. The molecule has 6 heteroatoms. The first-order chi connectivity index (χ1) is 8.00. The second-order valence-electron chi connectivity index (χ2n) is 3.38. The van der Waals surface area contributed by atoms with E-state index in [2.05, 4.69) is 0 Å². The van der Waals surface area contributed by atoms with Gasteiger partial charge in [0.25, 0.3) is 11.1 Å². The van der Waals surface area contributed by atoms with Crippen LogP contribution in [0, 0.1) is 0 Å². The van der Waals surface area contributed by atoms with Crippen molar-refractivity contribution >= 4 is 52.2 Å². The van der Waals surface area contributed by atoms with Crippen LogP contribution in [0.2, 0.25) is 10.0 Å². The van der Waals surface area contributed by atoms with Gasteiger partial charge in [-0.25, -0.2) is 0 Å². The Hall–Kier alpha value is -0.970. The number of amides is 2. The van der Waals surface area contributed by atoms with E-state index in [-0.39, 0.29) is 11.1 Å². The Morgan fingerprint density at radius 1 is 1.24 bits per heavy atom. The molecule has 1 aromatic carbocycles. The number of carbonyl (C=O) groups is 2. The van der Waals surface area contributed by atoms with E-state index >= 15 is 0 Å². The maximum absolute atomic E-state index is 11.7. The van der Waals surface area contributed by atoms with Crippen molar-refractivity contribution in [3.05, 3.63) is 38.7 Å². The number of thioether (sulfide) groups is 1. The van der Waals surface area contributed by atoms with E-state index in [0.717, 1.165) is 16.7 Å². The molecule has 1 aromatic rings. The van der Waals surface area contributed by atoms with Crippen molar-refractivity contribution in [2.75, 3.05) is 7.05 Å². The fraction of sp³-hybridized carbons (Fsp3) is 0.0909. The summed E-state index contributed by atoms with van der Waals surface area (Å²) in [5.74, 6) is -0.337. The van der Waals surface area contributed by atoms with Crippen molar-refractivity contribution in [3.8, 4) is 0 Å². The summed E-state index contributed by atoms with van der Waals surface area (Å²) < 4.78 is 0. The number of hydrogen-bond donors (Lipinski definition) is 0. The Kier molecular flexibility index (Phi) is 3.47. The first kappa shape index (κ1) is 12.5. The quantitative estimate of drug-likeness (QED) is 0.740. The number of carbonyl (C=O) groups excluding carboxylic acids is 2. The predicted octanol–water partition coefficient (Wildman–Crippen LogP) is 3.66. The number of imide groups is 1. The third-order valence-electron chi connectivity index (χ3n) is 2.26. The van der Waals surface area contributed by atoms with Crippen molar-refractivity contribution in [3.63, 3.8) is 0 Å². The molecule has 1 heterocycles. The molecule has 1 aliphatic rings.